The van der Waals surface area contributed by atoms with Gasteiger partial charge in [0.1, 0.15) is 16.5 Å². The molecule has 3 rings (SSSR count). The second-order valence-corrected chi connectivity index (χ2v) is 7.78. The normalized spacial score (nSPS) is 20.9. The van der Waals surface area contributed by atoms with Gasteiger partial charge in [0.05, 0.1) is 17.5 Å². The van der Waals surface area contributed by atoms with Crippen LogP contribution in [0.2, 0.25) is 5.02 Å². The minimum absolute atomic E-state index is 0.0536. The molecule has 0 bridgehead atoms. The first-order valence-corrected chi connectivity index (χ1v) is 8.82. The third kappa shape index (κ3) is 2.62. The Morgan fingerprint density at radius 3 is 2.36 bits per heavy atom. The maximum Gasteiger partial charge on any atom is 0.152 e. The Bertz CT molecular complexity index is 880. The molecule has 1 aliphatic rings. The van der Waals surface area contributed by atoms with Crippen LogP contribution in [0.5, 0.6) is 11.5 Å². The number of rotatable bonds is 2. The average molecular weight is 341 g/mol. The number of aromatic hydroxyl groups is 2. The van der Waals surface area contributed by atoms with Crippen molar-refractivity contribution in [2.45, 2.75) is 12.5 Å². The molecular weight excluding hydrogens is 328 g/mol. The highest BCUT2D eigenvalue weighted by Gasteiger charge is 2.28. The Hall–Kier alpha value is -1.86. The Morgan fingerprint density at radius 2 is 1.77 bits per heavy atom. The first kappa shape index (κ1) is 15.1. The number of azo groups is 1. The Morgan fingerprint density at radius 1 is 1.14 bits per heavy atom. The number of benzene rings is 2. The summed E-state index contributed by atoms with van der Waals surface area (Å²) >= 11 is 6.04. The number of sulfone groups is 1. The van der Waals surface area contributed by atoms with E-state index in [4.69, 9.17) is 11.6 Å². The zero-order chi connectivity index (χ0) is 15.9. The number of phenolic OH excluding ortho intramolecular Hbond substituents is 2. The highest BCUT2D eigenvalue weighted by Crippen LogP contribution is 2.47. The van der Waals surface area contributed by atoms with Gasteiger partial charge in [-0.15, -0.1) is 0 Å². The predicted octanol–water partition coefficient (Wildman–Crippen LogP) is 3.18. The molecule has 2 N–H and O–H groups in total. The molecule has 0 amide bonds. The van der Waals surface area contributed by atoms with Gasteiger partial charge in [0.2, 0.25) is 0 Å². The van der Waals surface area contributed by atoms with E-state index in [1.54, 1.807) is 24.3 Å². The van der Waals surface area contributed by atoms with Gasteiger partial charge < -0.3 is 10.2 Å². The molecule has 0 aromatic heterocycles. The van der Waals surface area contributed by atoms with Crippen molar-refractivity contribution in [3.8, 4) is 11.5 Å². The van der Waals surface area contributed by atoms with E-state index in [1.165, 1.54) is 0 Å². The van der Waals surface area contributed by atoms with Crippen LogP contribution >= 0.6 is 11.6 Å². The van der Waals surface area contributed by atoms with E-state index in [2.05, 4.69) is 10.2 Å². The molecule has 1 heterocycles. The van der Waals surface area contributed by atoms with Gasteiger partial charge in [0.25, 0.3) is 0 Å². The summed E-state index contributed by atoms with van der Waals surface area (Å²) in [5.74, 6) is -0.362. The fraction of sp³-hybridized carbons (Fsp3) is 0.286. The number of hydrogen-bond acceptors (Lipinski definition) is 6. The Balaban J connectivity index is 2.04. The maximum absolute atomic E-state index is 11.4. The summed E-state index contributed by atoms with van der Waals surface area (Å²) in [6.07, 6.45) is 0.393. The molecule has 0 saturated carbocycles. The lowest BCUT2D eigenvalue weighted by atomic mass is 10.1. The van der Waals surface area contributed by atoms with Crippen LogP contribution in [0.4, 0.5) is 5.69 Å². The monoisotopic (exact) mass is 340 g/mol. The van der Waals surface area contributed by atoms with Crippen LogP contribution in [0.3, 0.4) is 0 Å². The van der Waals surface area contributed by atoms with Crippen molar-refractivity contribution in [3.63, 3.8) is 0 Å². The predicted molar refractivity (Wildman–Crippen MR) is 83.9 cm³/mol. The van der Waals surface area contributed by atoms with Gasteiger partial charge >= 0.3 is 0 Å². The lowest BCUT2D eigenvalue weighted by Gasteiger charge is -2.09. The number of nitrogens with zero attached hydrogens (tertiary/aromatic N) is 2. The van der Waals surface area contributed by atoms with E-state index in [0.29, 0.717) is 17.2 Å². The fourth-order valence-electron chi connectivity index (χ4n) is 2.46. The molecule has 1 fully saturated rings. The smallest absolute Gasteiger partial charge is 0.152 e. The van der Waals surface area contributed by atoms with Crippen molar-refractivity contribution in [1.29, 1.82) is 0 Å². The number of halogens is 1. The second-order valence-electron chi connectivity index (χ2n) is 5.18. The summed E-state index contributed by atoms with van der Waals surface area (Å²) in [7, 11) is -3.06. The zero-order valence-corrected chi connectivity index (χ0v) is 13.0. The van der Waals surface area contributed by atoms with E-state index < -0.39 is 15.9 Å². The van der Waals surface area contributed by atoms with Crippen molar-refractivity contribution < 1.29 is 18.6 Å². The van der Waals surface area contributed by atoms with Crippen LogP contribution in [-0.2, 0) is 9.84 Å². The van der Waals surface area contributed by atoms with Gasteiger partial charge in [0, 0.05) is 10.8 Å². The van der Waals surface area contributed by atoms with Crippen molar-refractivity contribution in [2.24, 2.45) is 10.2 Å². The molecule has 2 aromatic carbocycles. The van der Waals surface area contributed by atoms with E-state index in [9.17, 15) is 18.6 Å². The van der Waals surface area contributed by atoms with Crippen LogP contribution in [0, 0.1) is 0 Å². The summed E-state index contributed by atoms with van der Waals surface area (Å²) < 4.78 is 22.8. The Labute approximate surface area is 132 Å². The third-order valence-electron chi connectivity index (χ3n) is 3.61. The highest BCUT2D eigenvalue weighted by molar-refractivity contribution is 7.91. The molecule has 1 atom stereocenters. The highest BCUT2D eigenvalue weighted by atomic mass is 35.5. The first-order valence-electron chi connectivity index (χ1n) is 6.62. The standard InChI is InChI=1S/C14H13ClN2O4S/c15-11-12(17-16-8-5-6-22(20,21)7-8)14(19)10-4-2-1-3-9(10)13(11)18/h1-4,8,18-19H,5-7H2. The number of phenols is 2. The Kier molecular flexibility index (Phi) is 3.70. The van der Waals surface area contributed by atoms with Crippen molar-refractivity contribution >= 4 is 37.9 Å². The molecule has 116 valence electrons. The van der Waals surface area contributed by atoms with Crippen LogP contribution in [0.25, 0.3) is 10.8 Å². The molecule has 0 radical (unpaired) electrons. The number of fused-ring (bicyclic) bond motifs is 1. The van der Waals surface area contributed by atoms with Gasteiger partial charge in [-0.05, 0) is 6.42 Å². The van der Waals surface area contributed by atoms with Gasteiger partial charge in [-0.25, -0.2) is 8.42 Å². The van der Waals surface area contributed by atoms with Gasteiger partial charge in [-0.1, -0.05) is 35.9 Å². The van der Waals surface area contributed by atoms with Crippen LogP contribution in [0.15, 0.2) is 34.5 Å². The average Bonchev–Trinajstić information content (AvgIpc) is 2.84. The topological polar surface area (TPSA) is 99.3 Å². The largest absolute Gasteiger partial charge is 0.506 e. The van der Waals surface area contributed by atoms with E-state index >= 15 is 0 Å². The van der Waals surface area contributed by atoms with Gasteiger partial charge in [-0.2, -0.15) is 10.2 Å². The van der Waals surface area contributed by atoms with E-state index in [-0.39, 0.29) is 33.7 Å². The molecule has 2 aromatic rings. The molecular formula is C14H13ClN2O4S. The van der Waals surface area contributed by atoms with Crippen LogP contribution in [0.1, 0.15) is 6.42 Å². The zero-order valence-electron chi connectivity index (χ0n) is 11.4. The summed E-state index contributed by atoms with van der Waals surface area (Å²) in [5.41, 5.74) is -0.0536. The van der Waals surface area contributed by atoms with Crippen molar-refractivity contribution in [2.75, 3.05) is 11.5 Å². The minimum atomic E-state index is -3.06. The molecule has 6 nitrogen and oxygen atoms in total. The molecule has 1 unspecified atom stereocenters. The molecule has 22 heavy (non-hydrogen) atoms. The second kappa shape index (κ2) is 5.40. The molecule has 1 aliphatic heterocycles. The van der Waals surface area contributed by atoms with Crippen molar-refractivity contribution in [1.82, 2.24) is 0 Å². The van der Waals surface area contributed by atoms with Crippen LogP contribution in [-0.4, -0.2) is 36.2 Å². The molecule has 8 heteroatoms. The maximum atomic E-state index is 11.4. The van der Waals surface area contributed by atoms with Crippen LogP contribution < -0.4 is 0 Å². The molecule has 1 saturated heterocycles. The molecule has 0 spiro atoms. The van der Waals surface area contributed by atoms with Crippen molar-refractivity contribution in [3.05, 3.63) is 29.3 Å². The fourth-order valence-corrected chi connectivity index (χ4v) is 4.30. The lowest BCUT2D eigenvalue weighted by molar-refractivity contribution is 0.470. The van der Waals surface area contributed by atoms with Gasteiger partial charge in [-0.3, -0.25) is 0 Å². The quantitative estimate of drug-likeness (QED) is 0.647. The summed E-state index contributed by atoms with van der Waals surface area (Å²) in [4.78, 5) is 0. The summed E-state index contributed by atoms with van der Waals surface area (Å²) in [5, 5.41) is 28.9. The summed E-state index contributed by atoms with van der Waals surface area (Å²) in [6, 6.07) is 6.22. The van der Waals surface area contributed by atoms with Gasteiger partial charge in [0.15, 0.2) is 15.6 Å². The molecule has 0 aliphatic carbocycles. The summed E-state index contributed by atoms with van der Waals surface area (Å²) in [6.45, 7) is 0. The van der Waals surface area contributed by atoms with E-state index in [1.807, 2.05) is 0 Å². The van der Waals surface area contributed by atoms with E-state index in [0.717, 1.165) is 0 Å². The number of hydrogen-bond donors (Lipinski definition) is 2. The minimum Gasteiger partial charge on any atom is -0.506 e. The lowest BCUT2D eigenvalue weighted by Crippen LogP contribution is -2.06. The first-order chi connectivity index (χ1) is 10.4. The SMILES string of the molecule is O=S1(=O)CCC(N=Nc2c(Cl)c(O)c3ccccc3c2O)C1. The third-order valence-corrected chi connectivity index (χ3v) is 5.72.